The summed E-state index contributed by atoms with van der Waals surface area (Å²) in [6.07, 6.45) is 4.22. The van der Waals surface area contributed by atoms with E-state index in [1.54, 1.807) is 0 Å². The van der Waals surface area contributed by atoms with Crippen LogP contribution in [-0.4, -0.2) is 55.1 Å². The molecule has 10 heteroatoms. The number of primary amides is 1. The van der Waals surface area contributed by atoms with Gasteiger partial charge in [0.25, 0.3) is 11.9 Å². The van der Waals surface area contributed by atoms with Crippen LogP contribution in [0.25, 0.3) is 11.3 Å². The molecule has 2 aromatic carbocycles. The monoisotopic (exact) mass is 550 g/mol. The number of nitrogens with zero attached hydrogens (tertiary/aromatic N) is 3. The Hall–Kier alpha value is -3.66. The molecule has 1 aromatic heterocycles. The van der Waals surface area contributed by atoms with E-state index in [0.717, 1.165) is 88.8 Å². The van der Waals surface area contributed by atoms with E-state index in [4.69, 9.17) is 15.9 Å². The lowest BCUT2D eigenvalue weighted by Gasteiger charge is -2.45. The lowest BCUT2D eigenvalue weighted by atomic mass is 9.67. The van der Waals surface area contributed by atoms with Crippen LogP contribution in [0.4, 0.5) is 26.2 Å². The molecule has 3 aromatic rings. The average Bonchev–Trinajstić information content (AvgIpc) is 3.52. The molecule has 8 nitrogen and oxygen atoms in total. The molecule has 2 fully saturated rings. The number of aromatic nitrogens is 1. The number of hydrogen-bond donors (Lipinski definition) is 3. The minimum Gasteiger partial charge on any atom is -0.423 e. The first-order chi connectivity index (χ1) is 19.2. The molecule has 5 N–H and O–H groups in total. The zero-order valence-corrected chi connectivity index (χ0v) is 22.8. The van der Waals surface area contributed by atoms with Crippen LogP contribution >= 0.6 is 0 Å². The predicted molar refractivity (Wildman–Crippen MR) is 151 cm³/mol. The van der Waals surface area contributed by atoms with Crippen molar-refractivity contribution in [3.05, 3.63) is 59.3 Å². The molecule has 1 amide bonds. The summed E-state index contributed by atoms with van der Waals surface area (Å²) < 4.78 is 33.4. The van der Waals surface area contributed by atoms with Crippen LogP contribution in [-0.2, 0) is 5.41 Å². The van der Waals surface area contributed by atoms with E-state index in [1.807, 2.05) is 11.0 Å². The summed E-state index contributed by atoms with van der Waals surface area (Å²) in [7, 11) is 0. The molecule has 2 saturated heterocycles. The van der Waals surface area contributed by atoms with E-state index in [1.165, 1.54) is 11.3 Å². The number of rotatable bonds is 6. The third-order valence-electron chi connectivity index (χ3n) is 9.24. The van der Waals surface area contributed by atoms with E-state index >= 15 is 0 Å². The van der Waals surface area contributed by atoms with E-state index in [9.17, 15) is 13.6 Å². The Morgan fingerprint density at radius 2 is 1.90 bits per heavy atom. The Balaban J connectivity index is 1.04. The minimum absolute atomic E-state index is 0.0106. The quantitative estimate of drug-likeness (QED) is 0.384. The van der Waals surface area contributed by atoms with Crippen molar-refractivity contribution in [2.24, 2.45) is 17.6 Å². The number of nitrogens with one attached hydrogen (secondary N) is 1. The van der Waals surface area contributed by atoms with Crippen LogP contribution in [0.1, 0.15) is 48.7 Å². The molecule has 0 aliphatic carbocycles. The summed E-state index contributed by atoms with van der Waals surface area (Å²) >= 11 is 0. The highest BCUT2D eigenvalue weighted by Gasteiger charge is 2.46. The Bertz CT molecular complexity index is 1400. The summed E-state index contributed by atoms with van der Waals surface area (Å²) in [6.45, 7) is 8.06. The molecule has 4 heterocycles. The van der Waals surface area contributed by atoms with Gasteiger partial charge in [-0.1, -0.05) is 13.0 Å². The molecule has 6 rings (SSSR count). The topological polar surface area (TPSA) is 114 Å². The number of hydrogen-bond acceptors (Lipinski definition) is 7. The first kappa shape index (κ1) is 26.6. The largest absolute Gasteiger partial charge is 0.423 e. The van der Waals surface area contributed by atoms with Crippen molar-refractivity contribution >= 4 is 23.3 Å². The van der Waals surface area contributed by atoms with Crippen molar-refractivity contribution in [2.75, 3.05) is 55.2 Å². The number of nitrogen functional groups attached to an aromatic ring is 1. The smallest absolute Gasteiger partial charge is 0.298 e. The van der Waals surface area contributed by atoms with Gasteiger partial charge < -0.3 is 31.0 Å². The van der Waals surface area contributed by atoms with Crippen LogP contribution in [0.5, 0.6) is 0 Å². The molecular weight excluding hydrogens is 514 g/mol. The standard InChI is InChI=1S/C30H36F2N6O2/c1-18-16-37(11-7-30(18)17-35-25-15-23(33)2-3-24(25)30)8-4-19-5-9-38(10-6-19)29-36-26(28(34)39)27(40-29)20-12-21(31)14-22(32)13-20/h2-3,12-15,18-19,35H,4-11,16-17,33H2,1H3,(H2,34,39)/t18-,30+/m1/s1. The van der Waals surface area contributed by atoms with Gasteiger partial charge in [-0.25, -0.2) is 8.78 Å². The zero-order valence-electron chi connectivity index (χ0n) is 22.8. The molecule has 0 unspecified atom stereocenters. The number of oxazole rings is 1. The van der Waals surface area contributed by atoms with Gasteiger partial charge in [-0.3, -0.25) is 4.79 Å². The van der Waals surface area contributed by atoms with Gasteiger partial charge in [-0.2, -0.15) is 4.98 Å². The van der Waals surface area contributed by atoms with E-state index in [0.29, 0.717) is 11.8 Å². The lowest BCUT2D eigenvalue weighted by Crippen LogP contribution is -2.50. The number of carbonyl (C=O) groups excluding carboxylic acids is 1. The van der Waals surface area contributed by atoms with Gasteiger partial charge in [0.15, 0.2) is 11.5 Å². The molecule has 40 heavy (non-hydrogen) atoms. The molecule has 0 saturated carbocycles. The minimum atomic E-state index is -0.803. The SMILES string of the molecule is C[C@@H]1CN(CCC2CCN(c3nc(C(N)=O)c(-c4cc(F)cc(F)c4)o3)CC2)CC[C@]12CNc1cc(N)ccc12. The second-order valence-electron chi connectivity index (χ2n) is 11.7. The Morgan fingerprint density at radius 1 is 1.15 bits per heavy atom. The maximum Gasteiger partial charge on any atom is 0.298 e. The maximum atomic E-state index is 13.8. The zero-order chi connectivity index (χ0) is 28.0. The normalized spacial score (nSPS) is 23.4. The summed E-state index contributed by atoms with van der Waals surface area (Å²) in [6, 6.07) is 9.53. The van der Waals surface area contributed by atoms with Crippen LogP contribution in [0, 0.1) is 23.5 Å². The Labute approximate surface area is 232 Å². The number of benzene rings is 2. The fourth-order valence-corrected chi connectivity index (χ4v) is 6.88. The first-order valence-electron chi connectivity index (χ1n) is 14.1. The molecule has 3 aliphatic rings. The van der Waals surface area contributed by atoms with Crippen molar-refractivity contribution in [3.8, 4) is 11.3 Å². The molecule has 0 bridgehead atoms. The maximum absolute atomic E-state index is 13.8. The molecule has 0 radical (unpaired) electrons. The van der Waals surface area contributed by atoms with Crippen LogP contribution in [0.3, 0.4) is 0 Å². The van der Waals surface area contributed by atoms with Gasteiger partial charge in [0.05, 0.1) is 0 Å². The number of piperidine rings is 2. The van der Waals surface area contributed by atoms with E-state index in [-0.39, 0.29) is 28.4 Å². The fourth-order valence-electron chi connectivity index (χ4n) is 6.88. The van der Waals surface area contributed by atoms with Gasteiger partial charge in [-0.15, -0.1) is 0 Å². The highest BCUT2D eigenvalue weighted by molar-refractivity contribution is 5.97. The number of halogens is 2. The summed E-state index contributed by atoms with van der Waals surface area (Å²) in [5.41, 5.74) is 15.1. The summed E-state index contributed by atoms with van der Waals surface area (Å²) in [5, 5.41) is 3.60. The number of anilines is 3. The molecule has 2 atom stereocenters. The summed E-state index contributed by atoms with van der Waals surface area (Å²) in [5.74, 6) is -1.21. The highest BCUT2D eigenvalue weighted by Crippen LogP contribution is 2.47. The lowest BCUT2D eigenvalue weighted by molar-refractivity contribution is 0.0996. The van der Waals surface area contributed by atoms with Crippen LogP contribution < -0.4 is 21.7 Å². The number of amides is 1. The van der Waals surface area contributed by atoms with E-state index < -0.39 is 17.5 Å². The Kier molecular flexibility index (Phi) is 6.90. The molecular formula is C30H36F2N6O2. The second-order valence-corrected chi connectivity index (χ2v) is 11.7. The number of fused-ring (bicyclic) bond motifs is 2. The number of nitrogens with two attached hydrogens (primary N) is 2. The molecule has 212 valence electrons. The third-order valence-corrected chi connectivity index (χ3v) is 9.24. The van der Waals surface area contributed by atoms with E-state index in [2.05, 4.69) is 34.3 Å². The first-order valence-corrected chi connectivity index (χ1v) is 14.1. The van der Waals surface area contributed by atoms with Crippen molar-refractivity contribution in [2.45, 2.75) is 38.0 Å². The van der Waals surface area contributed by atoms with Crippen molar-refractivity contribution in [1.29, 1.82) is 0 Å². The van der Waals surface area contributed by atoms with Crippen molar-refractivity contribution in [1.82, 2.24) is 9.88 Å². The van der Waals surface area contributed by atoms with Gasteiger partial charge in [0.2, 0.25) is 0 Å². The van der Waals surface area contributed by atoms with Gasteiger partial charge in [0, 0.05) is 54.6 Å². The molecule has 1 spiro atoms. The molecule has 3 aliphatic heterocycles. The van der Waals surface area contributed by atoms with Crippen molar-refractivity contribution in [3.63, 3.8) is 0 Å². The van der Waals surface area contributed by atoms with Crippen LogP contribution in [0.2, 0.25) is 0 Å². The number of likely N-dealkylation sites (tertiary alicyclic amines) is 1. The average molecular weight is 551 g/mol. The highest BCUT2D eigenvalue weighted by atomic mass is 19.1. The van der Waals surface area contributed by atoms with Gasteiger partial charge in [0.1, 0.15) is 11.6 Å². The predicted octanol–water partition coefficient (Wildman–Crippen LogP) is 4.61. The third kappa shape index (κ3) is 4.89. The van der Waals surface area contributed by atoms with Gasteiger partial charge in [-0.05, 0) is 80.4 Å². The fraction of sp³-hybridized carbons (Fsp3) is 0.467. The van der Waals surface area contributed by atoms with Crippen molar-refractivity contribution < 1.29 is 18.0 Å². The second kappa shape index (κ2) is 10.4. The number of carbonyl (C=O) groups is 1. The Morgan fingerprint density at radius 3 is 2.60 bits per heavy atom. The van der Waals surface area contributed by atoms with Crippen LogP contribution in [0.15, 0.2) is 40.8 Å². The van der Waals surface area contributed by atoms with Gasteiger partial charge >= 0.3 is 0 Å². The summed E-state index contributed by atoms with van der Waals surface area (Å²) in [4.78, 5) is 20.9.